The molecule has 1 N–H and O–H groups in total. The highest BCUT2D eigenvalue weighted by atomic mass is 16.1. The summed E-state index contributed by atoms with van der Waals surface area (Å²) < 4.78 is 0. The summed E-state index contributed by atoms with van der Waals surface area (Å²) in [7, 11) is 0. The number of anilines is 1. The van der Waals surface area contributed by atoms with Gasteiger partial charge in [0.1, 0.15) is 5.78 Å². The fraction of sp³-hybridized carbons (Fsp3) is 0.333. The molecule has 0 bridgehead atoms. The van der Waals surface area contributed by atoms with Crippen LogP contribution in [0.2, 0.25) is 0 Å². The Kier molecular flexibility index (Phi) is 3.52. The van der Waals surface area contributed by atoms with Gasteiger partial charge in [-0.1, -0.05) is 56.3 Å². The maximum atomic E-state index is 13.0. The number of aliphatic imine (C=N–C) groups is 1. The lowest BCUT2D eigenvalue weighted by Crippen LogP contribution is -2.42. The number of nitrogens with zero attached hydrogens (tertiary/aromatic N) is 1. The molecule has 1 aliphatic carbocycles. The number of carbonyl (C=O) groups excluding carboxylic acids is 1. The van der Waals surface area contributed by atoms with E-state index in [1.807, 2.05) is 42.5 Å². The fourth-order valence-electron chi connectivity index (χ4n) is 3.95. The average molecular weight is 318 g/mol. The van der Waals surface area contributed by atoms with Crippen LogP contribution < -0.4 is 5.32 Å². The van der Waals surface area contributed by atoms with Gasteiger partial charge in [-0.05, 0) is 29.5 Å². The van der Waals surface area contributed by atoms with Gasteiger partial charge in [0.15, 0.2) is 0 Å². The minimum absolute atomic E-state index is 0.0209. The number of fused-ring (bicyclic) bond motifs is 2. The van der Waals surface area contributed by atoms with Crippen LogP contribution in [0.1, 0.15) is 38.3 Å². The number of benzene rings is 2. The van der Waals surface area contributed by atoms with Gasteiger partial charge in [-0.3, -0.25) is 9.79 Å². The van der Waals surface area contributed by atoms with Crippen LogP contribution in [0.5, 0.6) is 0 Å². The molecule has 2 aromatic rings. The van der Waals surface area contributed by atoms with Crippen molar-refractivity contribution in [2.45, 2.75) is 32.7 Å². The highest BCUT2D eigenvalue weighted by Crippen LogP contribution is 2.44. The van der Waals surface area contributed by atoms with Gasteiger partial charge < -0.3 is 5.32 Å². The van der Waals surface area contributed by atoms with Crippen molar-refractivity contribution in [3.63, 3.8) is 0 Å². The number of hydrogen-bond donors (Lipinski definition) is 1. The van der Waals surface area contributed by atoms with Gasteiger partial charge >= 0.3 is 0 Å². The fourth-order valence-corrected chi connectivity index (χ4v) is 3.95. The summed E-state index contributed by atoms with van der Waals surface area (Å²) in [6, 6.07) is 18.3. The highest BCUT2D eigenvalue weighted by Gasteiger charge is 2.43. The molecule has 0 amide bonds. The normalized spacial score (nSPS) is 24.9. The SMILES string of the molecule is CC1(C)CC(=O)C2C(=Nc3ccccc3N[C@@H]2c2ccccc2)C1. The van der Waals surface area contributed by atoms with E-state index in [9.17, 15) is 4.79 Å². The van der Waals surface area contributed by atoms with Crippen molar-refractivity contribution in [2.75, 3.05) is 5.32 Å². The van der Waals surface area contributed by atoms with Crippen molar-refractivity contribution in [3.8, 4) is 0 Å². The second-order valence-electron chi connectivity index (χ2n) is 7.61. The number of hydrogen-bond acceptors (Lipinski definition) is 3. The Balaban J connectivity index is 1.87. The van der Waals surface area contributed by atoms with Crippen molar-refractivity contribution in [1.82, 2.24) is 0 Å². The van der Waals surface area contributed by atoms with E-state index >= 15 is 0 Å². The third-order valence-corrected chi connectivity index (χ3v) is 4.99. The predicted molar refractivity (Wildman–Crippen MR) is 97.9 cm³/mol. The first kappa shape index (κ1) is 15.1. The summed E-state index contributed by atoms with van der Waals surface area (Å²) >= 11 is 0. The monoisotopic (exact) mass is 318 g/mol. The van der Waals surface area contributed by atoms with E-state index in [4.69, 9.17) is 4.99 Å². The van der Waals surface area contributed by atoms with Crippen molar-refractivity contribution in [2.24, 2.45) is 16.3 Å². The minimum atomic E-state index is -0.187. The lowest BCUT2D eigenvalue weighted by Gasteiger charge is -2.37. The van der Waals surface area contributed by atoms with Crippen LogP contribution in [-0.4, -0.2) is 11.5 Å². The first-order valence-corrected chi connectivity index (χ1v) is 8.54. The van der Waals surface area contributed by atoms with Gasteiger partial charge in [-0.25, -0.2) is 0 Å². The molecule has 3 nitrogen and oxygen atoms in total. The predicted octanol–water partition coefficient (Wildman–Crippen LogP) is 4.93. The Morgan fingerprint density at radius 1 is 1.00 bits per heavy atom. The van der Waals surface area contributed by atoms with Crippen LogP contribution >= 0.6 is 0 Å². The van der Waals surface area contributed by atoms with Crippen LogP contribution in [0, 0.1) is 11.3 Å². The van der Waals surface area contributed by atoms with Gasteiger partial charge in [-0.2, -0.15) is 0 Å². The molecule has 0 aromatic heterocycles. The second kappa shape index (κ2) is 5.59. The number of para-hydroxylation sites is 2. The van der Waals surface area contributed by atoms with E-state index in [1.54, 1.807) is 0 Å². The Labute approximate surface area is 142 Å². The number of nitrogens with one attached hydrogen (secondary N) is 1. The summed E-state index contributed by atoms with van der Waals surface area (Å²) in [5.41, 5.74) is 4.07. The Hall–Kier alpha value is -2.42. The van der Waals surface area contributed by atoms with Crippen LogP contribution in [0.4, 0.5) is 11.4 Å². The first-order chi connectivity index (χ1) is 11.5. The number of Topliss-reactive ketones (excluding diaryl/α,β-unsaturated/α-hetero) is 1. The lowest BCUT2D eigenvalue weighted by molar-refractivity contribution is -0.124. The Morgan fingerprint density at radius 2 is 1.71 bits per heavy atom. The maximum absolute atomic E-state index is 13.0. The topological polar surface area (TPSA) is 41.5 Å². The zero-order valence-corrected chi connectivity index (χ0v) is 14.1. The van der Waals surface area contributed by atoms with Crippen LogP contribution in [0.3, 0.4) is 0 Å². The van der Waals surface area contributed by atoms with Crippen LogP contribution in [-0.2, 0) is 4.79 Å². The van der Waals surface area contributed by atoms with Gasteiger partial charge in [0, 0.05) is 12.1 Å². The number of ketones is 1. The Bertz CT molecular complexity index is 808. The van der Waals surface area contributed by atoms with Crippen molar-refractivity contribution in [1.29, 1.82) is 0 Å². The molecule has 0 saturated heterocycles. The largest absolute Gasteiger partial charge is 0.375 e. The third-order valence-electron chi connectivity index (χ3n) is 4.99. The number of carbonyl (C=O) groups is 1. The molecule has 0 radical (unpaired) electrons. The van der Waals surface area contributed by atoms with Crippen LogP contribution in [0.15, 0.2) is 59.6 Å². The van der Waals surface area contributed by atoms with E-state index in [2.05, 4.69) is 31.3 Å². The molecular weight excluding hydrogens is 296 g/mol. The lowest BCUT2D eigenvalue weighted by atomic mass is 9.68. The second-order valence-corrected chi connectivity index (χ2v) is 7.61. The summed E-state index contributed by atoms with van der Waals surface area (Å²) in [6.07, 6.45) is 1.47. The van der Waals surface area contributed by atoms with E-state index < -0.39 is 0 Å². The zero-order valence-electron chi connectivity index (χ0n) is 14.1. The van der Waals surface area contributed by atoms with Gasteiger partial charge in [0.05, 0.1) is 23.3 Å². The van der Waals surface area contributed by atoms with Gasteiger partial charge in [0.25, 0.3) is 0 Å². The van der Waals surface area contributed by atoms with E-state index in [0.717, 1.165) is 29.1 Å². The molecule has 2 atom stereocenters. The molecular formula is C21H22N2O. The smallest absolute Gasteiger partial charge is 0.144 e. The van der Waals surface area contributed by atoms with Crippen molar-refractivity contribution < 1.29 is 4.79 Å². The Morgan fingerprint density at radius 3 is 2.50 bits per heavy atom. The molecule has 0 spiro atoms. The molecule has 1 saturated carbocycles. The van der Waals surface area contributed by atoms with Gasteiger partial charge in [0.2, 0.25) is 0 Å². The molecule has 1 fully saturated rings. The van der Waals surface area contributed by atoms with Gasteiger partial charge in [-0.15, -0.1) is 0 Å². The molecule has 4 rings (SSSR count). The van der Waals surface area contributed by atoms with E-state index in [0.29, 0.717) is 12.2 Å². The van der Waals surface area contributed by atoms with E-state index in [-0.39, 0.29) is 17.4 Å². The molecule has 1 heterocycles. The van der Waals surface area contributed by atoms with Crippen LogP contribution in [0.25, 0.3) is 0 Å². The number of rotatable bonds is 1. The van der Waals surface area contributed by atoms with Crippen molar-refractivity contribution >= 4 is 22.9 Å². The molecule has 24 heavy (non-hydrogen) atoms. The third kappa shape index (κ3) is 2.64. The molecule has 2 aliphatic rings. The maximum Gasteiger partial charge on any atom is 0.144 e. The molecule has 3 heteroatoms. The van der Waals surface area contributed by atoms with E-state index in [1.165, 1.54) is 0 Å². The molecule has 1 aliphatic heterocycles. The molecule has 122 valence electrons. The molecule has 1 unspecified atom stereocenters. The minimum Gasteiger partial charge on any atom is -0.375 e. The average Bonchev–Trinajstić information content (AvgIpc) is 2.70. The van der Waals surface area contributed by atoms with Crippen molar-refractivity contribution in [3.05, 3.63) is 60.2 Å². The quantitative estimate of drug-likeness (QED) is 0.810. The molecule has 2 aromatic carbocycles. The first-order valence-electron chi connectivity index (χ1n) is 8.54. The summed E-state index contributed by atoms with van der Waals surface area (Å²) in [5.74, 6) is 0.104. The zero-order chi connectivity index (χ0) is 16.7. The summed E-state index contributed by atoms with van der Waals surface area (Å²) in [5, 5.41) is 3.60. The highest BCUT2D eigenvalue weighted by molar-refractivity contribution is 6.10. The standard InChI is InChI=1S/C21H22N2O/c1-21(2)12-17-19(18(24)13-21)20(14-8-4-3-5-9-14)23-16-11-7-6-10-15(16)22-17/h3-11,19-20,23H,12-13H2,1-2H3/t19?,20-/m1/s1. The summed E-state index contributed by atoms with van der Waals surface area (Å²) in [6.45, 7) is 4.32. The summed E-state index contributed by atoms with van der Waals surface area (Å²) in [4.78, 5) is 17.9.